The Labute approximate surface area is 123 Å². The van der Waals surface area contributed by atoms with Gasteiger partial charge in [-0.1, -0.05) is 30.3 Å². The first-order chi connectivity index (χ1) is 10.0. The first-order valence-corrected chi connectivity index (χ1v) is 7.12. The van der Waals surface area contributed by atoms with Gasteiger partial charge in [0.2, 0.25) is 5.91 Å². The summed E-state index contributed by atoms with van der Waals surface area (Å²) in [5, 5.41) is 3.40. The molecule has 0 saturated carbocycles. The highest BCUT2D eigenvalue weighted by Gasteiger charge is 2.41. The number of aromatic nitrogens is 1. The quantitative estimate of drug-likeness (QED) is 0.587. The molecule has 3 nitrogen and oxygen atoms in total. The van der Waals surface area contributed by atoms with Crippen molar-refractivity contribution in [3.63, 3.8) is 0 Å². The predicted octanol–water partition coefficient (Wildman–Crippen LogP) is 3.64. The maximum Gasteiger partial charge on any atom is 0.238 e. The molecular formula is C18H16N2O. The van der Waals surface area contributed by atoms with E-state index in [0.29, 0.717) is 0 Å². The third-order valence-corrected chi connectivity index (χ3v) is 4.50. The molecule has 2 heterocycles. The number of likely N-dealkylation sites (N-methyl/N-ethyl adjacent to an activating group) is 1. The topological polar surface area (TPSA) is 33.2 Å². The average Bonchev–Trinajstić information content (AvgIpc) is 2.50. The van der Waals surface area contributed by atoms with Crippen LogP contribution in [0.15, 0.2) is 42.5 Å². The Bertz CT molecular complexity index is 912. The summed E-state index contributed by atoms with van der Waals surface area (Å²) in [6, 6.07) is 14.2. The Kier molecular flexibility index (Phi) is 2.24. The zero-order valence-electron chi connectivity index (χ0n) is 12.3. The first-order valence-electron chi connectivity index (χ1n) is 7.12. The molecule has 0 N–H and O–H groups in total. The highest BCUT2D eigenvalue weighted by molar-refractivity contribution is 6.19. The van der Waals surface area contributed by atoms with Crippen LogP contribution in [0.25, 0.3) is 21.7 Å². The lowest BCUT2D eigenvalue weighted by Gasteiger charge is -2.36. The van der Waals surface area contributed by atoms with Gasteiger partial charge in [-0.2, -0.15) is 0 Å². The Hall–Kier alpha value is -2.42. The smallest absolute Gasteiger partial charge is 0.238 e. The third-order valence-electron chi connectivity index (χ3n) is 4.50. The average molecular weight is 276 g/mol. The lowest BCUT2D eigenvalue weighted by molar-refractivity contribution is -0.123. The molecule has 0 bridgehead atoms. The highest BCUT2D eigenvalue weighted by Crippen LogP contribution is 2.43. The summed E-state index contributed by atoms with van der Waals surface area (Å²) in [7, 11) is 1.84. The number of anilines is 1. The second kappa shape index (κ2) is 3.82. The van der Waals surface area contributed by atoms with E-state index in [1.807, 2.05) is 51.2 Å². The summed E-state index contributed by atoms with van der Waals surface area (Å²) >= 11 is 0. The van der Waals surface area contributed by atoms with Crippen LogP contribution in [0.1, 0.15) is 19.5 Å². The first kappa shape index (κ1) is 12.3. The van der Waals surface area contributed by atoms with Gasteiger partial charge in [0.1, 0.15) is 0 Å². The maximum absolute atomic E-state index is 12.7. The van der Waals surface area contributed by atoms with Gasteiger partial charge in [-0.3, -0.25) is 9.78 Å². The molecule has 0 atom stereocenters. The summed E-state index contributed by atoms with van der Waals surface area (Å²) in [4.78, 5) is 19.3. The monoisotopic (exact) mass is 276 g/mol. The van der Waals surface area contributed by atoms with Crippen molar-refractivity contribution in [2.24, 2.45) is 0 Å². The number of carbonyl (C=O) groups is 1. The molecule has 3 heteroatoms. The van der Waals surface area contributed by atoms with Gasteiger partial charge >= 0.3 is 0 Å². The fourth-order valence-electron chi connectivity index (χ4n) is 3.35. The lowest BCUT2D eigenvalue weighted by atomic mass is 9.80. The Morgan fingerprint density at radius 1 is 1.00 bits per heavy atom. The predicted molar refractivity (Wildman–Crippen MR) is 85.7 cm³/mol. The van der Waals surface area contributed by atoms with Gasteiger partial charge in [0.05, 0.1) is 22.3 Å². The molecule has 0 fully saturated rings. The number of hydrogen-bond acceptors (Lipinski definition) is 2. The van der Waals surface area contributed by atoms with Crippen molar-refractivity contribution < 1.29 is 4.79 Å². The molecule has 104 valence electrons. The van der Waals surface area contributed by atoms with Crippen molar-refractivity contribution in [3.05, 3.63) is 48.2 Å². The SMILES string of the molecule is CN1C(=O)C(C)(C)c2nc3ccccc3c3cccc1c23. The molecule has 2 aromatic carbocycles. The molecule has 0 unspecified atom stereocenters. The zero-order chi connectivity index (χ0) is 14.8. The van der Waals surface area contributed by atoms with Crippen LogP contribution in [0.2, 0.25) is 0 Å². The van der Waals surface area contributed by atoms with Crippen LogP contribution in [0.5, 0.6) is 0 Å². The van der Waals surface area contributed by atoms with Crippen molar-refractivity contribution in [3.8, 4) is 0 Å². The van der Waals surface area contributed by atoms with Gasteiger partial charge in [-0.15, -0.1) is 0 Å². The van der Waals surface area contributed by atoms with E-state index in [-0.39, 0.29) is 5.91 Å². The number of pyridine rings is 1. The zero-order valence-corrected chi connectivity index (χ0v) is 12.3. The van der Waals surface area contributed by atoms with Crippen molar-refractivity contribution in [1.29, 1.82) is 0 Å². The molecular weight excluding hydrogens is 260 g/mol. The fourth-order valence-corrected chi connectivity index (χ4v) is 3.35. The number of hydrogen-bond donors (Lipinski definition) is 0. The lowest BCUT2D eigenvalue weighted by Crippen LogP contribution is -2.45. The van der Waals surface area contributed by atoms with E-state index in [1.165, 1.54) is 5.39 Å². The number of rotatable bonds is 0. The van der Waals surface area contributed by atoms with Crippen molar-refractivity contribution in [1.82, 2.24) is 4.98 Å². The van der Waals surface area contributed by atoms with E-state index in [4.69, 9.17) is 4.98 Å². The summed E-state index contributed by atoms with van der Waals surface area (Å²) < 4.78 is 0. The summed E-state index contributed by atoms with van der Waals surface area (Å²) in [5.74, 6) is 0.0882. The molecule has 0 saturated heterocycles. The second-order valence-electron chi connectivity index (χ2n) is 6.17. The van der Waals surface area contributed by atoms with Gasteiger partial charge in [0.25, 0.3) is 0 Å². The maximum atomic E-state index is 12.7. The standard InChI is InChI=1S/C18H16N2O/c1-18(2)16-15-12(11-7-4-5-9-13(11)19-16)8-6-10-14(15)20(3)17(18)21/h4-10H,1-3H3. The van der Waals surface area contributed by atoms with Gasteiger partial charge < -0.3 is 4.90 Å². The van der Waals surface area contributed by atoms with Gasteiger partial charge in [0.15, 0.2) is 0 Å². The van der Waals surface area contributed by atoms with Crippen LogP contribution in [0, 0.1) is 0 Å². The molecule has 1 amide bonds. The number of para-hydroxylation sites is 1. The molecule has 1 aliphatic heterocycles. The normalized spacial score (nSPS) is 16.7. The molecule has 1 aromatic heterocycles. The van der Waals surface area contributed by atoms with Crippen molar-refractivity contribution in [2.75, 3.05) is 11.9 Å². The molecule has 4 rings (SSSR count). The van der Waals surface area contributed by atoms with Gasteiger partial charge in [-0.25, -0.2) is 0 Å². The van der Waals surface area contributed by atoms with E-state index in [1.54, 1.807) is 4.90 Å². The van der Waals surface area contributed by atoms with E-state index in [0.717, 1.165) is 27.7 Å². The Morgan fingerprint density at radius 2 is 1.71 bits per heavy atom. The summed E-state index contributed by atoms with van der Waals surface area (Å²) in [6.07, 6.45) is 0. The number of amides is 1. The Morgan fingerprint density at radius 3 is 2.52 bits per heavy atom. The van der Waals surface area contributed by atoms with Crippen LogP contribution >= 0.6 is 0 Å². The van der Waals surface area contributed by atoms with Crippen molar-refractivity contribution in [2.45, 2.75) is 19.3 Å². The fraction of sp³-hybridized carbons (Fsp3) is 0.222. The number of carbonyl (C=O) groups excluding carboxylic acids is 1. The molecule has 0 aliphatic carbocycles. The second-order valence-corrected chi connectivity index (χ2v) is 6.17. The van der Waals surface area contributed by atoms with Crippen LogP contribution < -0.4 is 4.90 Å². The van der Waals surface area contributed by atoms with Crippen LogP contribution in [-0.2, 0) is 10.2 Å². The minimum atomic E-state index is -0.606. The van der Waals surface area contributed by atoms with E-state index in [2.05, 4.69) is 12.1 Å². The van der Waals surface area contributed by atoms with E-state index >= 15 is 0 Å². The number of fused-ring (bicyclic) bond motifs is 2. The largest absolute Gasteiger partial charge is 0.314 e. The Balaban J connectivity index is 2.30. The van der Waals surface area contributed by atoms with Gasteiger partial charge in [-0.05, 0) is 31.4 Å². The van der Waals surface area contributed by atoms with Gasteiger partial charge in [0, 0.05) is 17.8 Å². The van der Waals surface area contributed by atoms with E-state index in [9.17, 15) is 4.79 Å². The molecule has 0 radical (unpaired) electrons. The third kappa shape index (κ3) is 1.43. The minimum Gasteiger partial charge on any atom is -0.314 e. The number of nitrogens with zero attached hydrogens (tertiary/aromatic N) is 2. The molecule has 3 aromatic rings. The van der Waals surface area contributed by atoms with Crippen LogP contribution in [0.4, 0.5) is 5.69 Å². The van der Waals surface area contributed by atoms with Crippen molar-refractivity contribution >= 4 is 33.3 Å². The molecule has 1 aliphatic rings. The molecule has 0 spiro atoms. The van der Waals surface area contributed by atoms with Crippen LogP contribution in [0.3, 0.4) is 0 Å². The molecule has 21 heavy (non-hydrogen) atoms. The highest BCUT2D eigenvalue weighted by atomic mass is 16.2. The van der Waals surface area contributed by atoms with E-state index < -0.39 is 5.41 Å². The summed E-state index contributed by atoms with van der Waals surface area (Å²) in [5.41, 5.74) is 2.17. The minimum absolute atomic E-state index is 0.0882. The summed E-state index contributed by atoms with van der Waals surface area (Å²) in [6.45, 7) is 3.91. The van der Waals surface area contributed by atoms with Crippen LogP contribution in [-0.4, -0.2) is 17.9 Å². The number of benzene rings is 2.